The summed E-state index contributed by atoms with van der Waals surface area (Å²) in [6, 6.07) is 6.48. The summed E-state index contributed by atoms with van der Waals surface area (Å²) in [4.78, 5) is 7.98. The molecule has 0 saturated carbocycles. The molecule has 0 amide bonds. The van der Waals surface area contributed by atoms with Gasteiger partial charge in [-0.1, -0.05) is 13.0 Å². The van der Waals surface area contributed by atoms with E-state index in [1.807, 2.05) is 7.05 Å². The van der Waals surface area contributed by atoms with Gasteiger partial charge >= 0.3 is 0 Å². The fourth-order valence-corrected chi connectivity index (χ4v) is 2.30. The molecule has 0 fully saturated rings. The third-order valence-corrected chi connectivity index (χ3v) is 3.36. The number of likely N-dealkylation sites (N-methyl/N-ethyl adjacent to an activating group) is 1. The Morgan fingerprint density at radius 2 is 2.28 bits per heavy atom. The Balaban J connectivity index is 2.10. The average Bonchev–Trinajstić information content (AvgIpc) is 2.92. The highest BCUT2D eigenvalue weighted by Gasteiger charge is 2.08. The fourth-order valence-electron chi connectivity index (χ4n) is 2.30. The molecule has 2 aromatic heterocycles. The van der Waals surface area contributed by atoms with Crippen molar-refractivity contribution in [3.8, 4) is 0 Å². The van der Waals surface area contributed by atoms with Crippen LogP contribution in [0.1, 0.15) is 18.2 Å². The second-order valence-corrected chi connectivity index (χ2v) is 4.61. The van der Waals surface area contributed by atoms with Crippen LogP contribution in [0.25, 0.3) is 16.8 Å². The number of benzene rings is 1. The van der Waals surface area contributed by atoms with Gasteiger partial charge in [0.15, 0.2) is 0 Å². The summed E-state index contributed by atoms with van der Waals surface area (Å²) in [7, 11) is 1.97. The van der Waals surface area contributed by atoms with E-state index in [1.54, 1.807) is 0 Å². The van der Waals surface area contributed by atoms with E-state index in [0.717, 1.165) is 30.7 Å². The van der Waals surface area contributed by atoms with Crippen LogP contribution in [-0.2, 0) is 12.8 Å². The first-order chi connectivity index (χ1) is 8.81. The van der Waals surface area contributed by atoms with Crippen molar-refractivity contribution in [1.29, 1.82) is 0 Å². The van der Waals surface area contributed by atoms with Crippen LogP contribution >= 0.6 is 0 Å². The van der Waals surface area contributed by atoms with Crippen LogP contribution in [0.2, 0.25) is 0 Å². The van der Waals surface area contributed by atoms with Gasteiger partial charge in [-0.15, -0.1) is 0 Å². The minimum absolute atomic E-state index is 0.935. The Bertz CT molecular complexity index is 678. The van der Waals surface area contributed by atoms with Gasteiger partial charge in [0.2, 0.25) is 5.78 Å². The number of nitrogens with one attached hydrogen (secondary N) is 2. The normalized spacial score (nSPS) is 11.7. The highest BCUT2D eigenvalue weighted by atomic mass is 15.1. The van der Waals surface area contributed by atoms with Gasteiger partial charge in [-0.2, -0.15) is 0 Å². The van der Waals surface area contributed by atoms with Gasteiger partial charge < -0.3 is 10.3 Å². The molecule has 18 heavy (non-hydrogen) atoms. The minimum atomic E-state index is 0.935. The Labute approximate surface area is 106 Å². The standard InChI is InChI=1S/C14H18N4/c1-3-10-4-5-12-13(8-10)18-9-11(6-7-15-2)16-14(18)17-12/h4-5,8-9,15H,3,6-7H2,1-2H3,(H,16,17). The zero-order valence-corrected chi connectivity index (χ0v) is 10.8. The molecule has 0 bridgehead atoms. The molecule has 1 aromatic carbocycles. The van der Waals surface area contributed by atoms with Crippen molar-refractivity contribution in [3.05, 3.63) is 35.7 Å². The van der Waals surface area contributed by atoms with Gasteiger partial charge in [-0.05, 0) is 31.2 Å². The van der Waals surface area contributed by atoms with Crippen molar-refractivity contribution in [1.82, 2.24) is 19.7 Å². The SMILES string of the molecule is CCc1ccc2nc3[nH]c(CCNC)cn3c2c1. The number of aromatic amines is 1. The molecular weight excluding hydrogens is 224 g/mol. The molecule has 0 aliphatic rings. The first-order valence-corrected chi connectivity index (χ1v) is 6.45. The molecule has 0 unspecified atom stereocenters. The molecule has 0 radical (unpaired) electrons. The van der Waals surface area contributed by atoms with Crippen LogP contribution in [-0.4, -0.2) is 28.0 Å². The molecule has 0 aliphatic carbocycles. The summed E-state index contributed by atoms with van der Waals surface area (Å²) in [5.74, 6) is 0.935. The van der Waals surface area contributed by atoms with Crippen molar-refractivity contribution in [2.45, 2.75) is 19.8 Å². The van der Waals surface area contributed by atoms with Crippen molar-refractivity contribution in [2.24, 2.45) is 0 Å². The second kappa shape index (κ2) is 4.46. The van der Waals surface area contributed by atoms with E-state index in [-0.39, 0.29) is 0 Å². The van der Waals surface area contributed by atoms with Crippen LogP contribution in [0, 0.1) is 0 Å². The summed E-state index contributed by atoms with van der Waals surface area (Å²) in [5.41, 5.74) is 4.81. The molecular formula is C14H18N4. The van der Waals surface area contributed by atoms with Gasteiger partial charge in [0, 0.05) is 24.9 Å². The van der Waals surface area contributed by atoms with E-state index in [0.29, 0.717) is 0 Å². The van der Waals surface area contributed by atoms with Crippen LogP contribution in [0.4, 0.5) is 0 Å². The number of imidazole rings is 2. The van der Waals surface area contributed by atoms with E-state index in [4.69, 9.17) is 0 Å². The van der Waals surface area contributed by atoms with Crippen LogP contribution < -0.4 is 5.32 Å². The molecule has 4 nitrogen and oxygen atoms in total. The molecule has 3 rings (SSSR count). The highest BCUT2D eigenvalue weighted by Crippen LogP contribution is 2.19. The van der Waals surface area contributed by atoms with E-state index in [9.17, 15) is 0 Å². The molecule has 4 heteroatoms. The maximum absolute atomic E-state index is 4.61. The predicted octanol–water partition coefficient (Wildman–Crippen LogP) is 2.14. The van der Waals surface area contributed by atoms with Gasteiger partial charge in [-0.25, -0.2) is 4.98 Å². The average molecular weight is 242 g/mol. The summed E-state index contributed by atoms with van der Waals surface area (Å²) in [5, 5.41) is 3.16. The fraction of sp³-hybridized carbons (Fsp3) is 0.357. The molecule has 2 N–H and O–H groups in total. The summed E-state index contributed by atoms with van der Waals surface area (Å²) < 4.78 is 2.15. The lowest BCUT2D eigenvalue weighted by molar-refractivity contribution is 0.780. The van der Waals surface area contributed by atoms with E-state index >= 15 is 0 Å². The van der Waals surface area contributed by atoms with E-state index in [2.05, 4.69) is 51.0 Å². The lowest BCUT2D eigenvalue weighted by Crippen LogP contribution is -2.10. The van der Waals surface area contributed by atoms with Gasteiger partial charge in [-0.3, -0.25) is 4.40 Å². The number of fused-ring (bicyclic) bond motifs is 3. The summed E-state index contributed by atoms with van der Waals surface area (Å²) in [6.45, 7) is 3.15. The predicted molar refractivity (Wildman–Crippen MR) is 74.1 cm³/mol. The first kappa shape index (κ1) is 11.3. The topological polar surface area (TPSA) is 45.1 Å². The Morgan fingerprint density at radius 1 is 1.39 bits per heavy atom. The molecule has 2 heterocycles. The largest absolute Gasteiger partial charge is 0.327 e. The molecule has 0 saturated heterocycles. The number of rotatable bonds is 4. The zero-order chi connectivity index (χ0) is 12.5. The monoisotopic (exact) mass is 242 g/mol. The molecule has 94 valence electrons. The highest BCUT2D eigenvalue weighted by molar-refractivity contribution is 5.80. The van der Waals surface area contributed by atoms with Crippen LogP contribution in [0.3, 0.4) is 0 Å². The zero-order valence-electron chi connectivity index (χ0n) is 10.8. The van der Waals surface area contributed by atoms with Gasteiger partial charge in [0.1, 0.15) is 0 Å². The van der Waals surface area contributed by atoms with Crippen LogP contribution in [0.5, 0.6) is 0 Å². The van der Waals surface area contributed by atoms with Crippen molar-refractivity contribution >= 4 is 16.8 Å². The third-order valence-electron chi connectivity index (χ3n) is 3.36. The number of nitrogens with zero attached hydrogens (tertiary/aromatic N) is 2. The molecule has 3 aromatic rings. The second-order valence-electron chi connectivity index (χ2n) is 4.61. The van der Waals surface area contributed by atoms with Gasteiger partial charge in [0.25, 0.3) is 0 Å². The lowest BCUT2D eigenvalue weighted by atomic mass is 10.1. The number of hydrogen-bond acceptors (Lipinski definition) is 2. The molecule has 0 spiro atoms. The first-order valence-electron chi connectivity index (χ1n) is 6.45. The van der Waals surface area contributed by atoms with Crippen molar-refractivity contribution in [3.63, 3.8) is 0 Å². The molecule has 0 atom stereocenters. The quantitative estimate of drug-likeness (QED) is 0.736. The van der Waals surface area contributed by atoms with E-state index < -0.39 is 0 Å². The van der Waals surface area contributed by atoms with E-state index in [1.165, 1.54) is 16.8 Å². The minimum Gasteiger partial charge on any atom is -0.327 e. The van der Waals surface area contributed by atoms with Crippen LogP contribution in [0.15, 0.2) is 24.4 Å². The molecule has 0 aliphatic heterocycles. The number of aromatic nitrogens is 3. The van der Waals surface area contributed by atoms with Gasteiger partial charge in [0.05, 0.1) is 11.0 Å². The maximum atomic E-state index is 4.61. The third kappa shape index (κ3) is 1.78. The summed E-state index contributed by atoms with van der Waals surface area (Å²) in [6.07, 6.45) is 4.20. The Kier molecular flexibility index (Phi) is 2.80. The summed E-state index contributed by atoms with van der Waals surface area (Å²) >= 11 is 0. The smallest absolute Gasteiger partial charge is 0.212 e. The number of hydrogen-bond donors (Lipinski definition) is 2. The Morgan fingerprint density at radius 3 is 3.06 bits per heavy atom. The number of H-pyrrole nitrogens is 1. The lowest BCUT2D eigenvalue weighted by Gasteiger charge is -1.97. The maximum Gasteiger partial charge on any atom is 0.212 e. The van der Waals surface area contributed by atoms with Crippen molar-refractivity contribution < 1.29 is 0 Å². The number of aryl methyl sites for hydroxylation is 1. The Hall–Kier alpha value is -1.81. The van der Waals surface area contributed by atoms with Crippen molar-refractivity contribution in [2.75, 3.05) is 13.6 Å².